The first-order valence-electron chi connectivity index (χ1n) is 7.19. The Labute approximate surface area is 108 Å². The molecule has 17 heavy (non-hydrogen) atoms. The van der Waals surface area contributed by atoms with Crippen LogP contribution in [-0.4, -0.2) is 61.7 Å². The topological polar surface area (TPSA) is 18.5 Å². The first-order chi connectivity index (χ1) is 8.04. The number of nitrogens with zero attached hydrogens (tertiary/aromatic N) is 2. The normalized spacial score (nSPS) is 29.5. The van der Waals surface area contributed by atoms with Gasteiger partial charge in [0.25, 0.3) is 0 Å². The van der Waals surface area contributed by atoms with Crippen molar-refractivity contribution in [3.63, 3.8) is 0 Å². The third kappa shape index (κ3) is 4.94. The molecule has 0 radical (unpaired) electrons. The van der Waals surface area contributed by atoms with Crippen molar-refractivity contribution >= 4 is 0 Å². The molecule has 0 bridgehead atoms. The fraction of sp³-hybridized carbons (Fsp3) is 1.00. The van der Waals surface area contributed by atoms with Crippen LogP contribution in [0.25, 0.3) is 0 Å². The largest absolute Gasteiger partial charge is 0.316 e. The fourth-order valence-corrected chi connectivity index (χ4v) is 2.69. The Morgan fingerprint density at radius 2 is 1.82 bits per heavy atom. The van der Waals surface area contributed by atoms with Gasteiger partial charge in [-0.05, 0) is 46.3 Å². The number of hydrogen-bond donors (Lipinski definition) is 1. The molecule has 3 nitrogen and oxygen atoms in total. The summed E-state index contributed by atoms with van der Waals surface area (Å²) >= 11 is 0. The zero-order chi connectivity index (χ0) is 12.8. The SMILES string of the molecule is CCCNCC(C)CN1CC(C)N(C)C(C)C1. The van der Waals surface area contributed by atoms with Gasteiger partial charge in [-0.3, -0.25) is 9.80 Å². The van der Waals surface area contributed by atoms with E-state index in [0.29, 0.717) is 12.1 Å². The molecule has 0 aromatic rings. The lowest BCUT2D eigenvalue weighted by Crippen LogP contribution is -2.55. The van der Waals surface area contributed by atoms with Crippen LogP contribution in [0.15, 0.2) is 0 Å². The monoisotopic (exact) mass is 241 g/mol. The molecule has 1 rings (SSSR count). The Hall–Kier alpha value is -0.120. The van der Waals surface area contributed by atoms with Crippen LogP contribution < -0.4 is 5.32 Å². The molecule has 0 spiro atoms. The zero-order valence-electron chi connectivity index (χ0n) is 12.4. The van der Waals surface area contributed by atoms with Crippen molar-refractivity contribution in [3.05, 3.63) is 0 Å². The first kappa shape index (κ1) is 14.9. The average molecular weight is 241 g/mol. The molecule has 1 saturated heterocycles. The summed E-state index contributed by atoms with van der Waals surface area (Å²) in [5.41, 5.74) is 0. The van der Waals surface area contributed by atoms with Gasteiger partial charge in [0.15, 0.2) is 0 Å². The van der Waals surface area contributed by atoms with Gasteiger partial charge in [0.05, 0.1) is 0 Å². The lowest BCUT2D eigenvalue weighted by Gasteiger charge is -2.43. The Bertz CT molecular complexity index is 196. The minimum Gasteiger partial charge on any atom is -0.316 e. The van der Waals surface area contributed by atoms with E-state index in [2.05, 4.69) is 49.9 Å². The maximum absolute atomic E-state index is 3.52. The standard InChI is InChI=1S/C14H31N3/c1-6-7-15-8-12(2)9-17-10-13(3)16(5)14(4)11-17/h12-15H,6-11H2,1-5H3. The summed E-state index contributed by atoms with van der Waals surface area (Å²) in [6, 6.07) is 1.38. The molecule has 1 heterocycles. The van der Waals surface area contributed by atoms with Crippen LogP contribution in [0.2, 0.25) is 0 Å². The Kier molecular flexibility index (Phi) is 6.45. The van der Waals surface area contributed by atoms with E-state index in [-0.39, 0.29) is 0 Å². The molecule has 1 fully saturated rings. The Balaban J connectivity index is 2.26. The van der Waals surface area contributed by atoms with Gasteiger partial charge in [0, 0.05) is 31.7 Å². The minimum atomic E-state index is 0.689. The lowest BCUT2D eigenvalue weighted by molar-refractivity contribution is 0.0521. The molecular formula is C14H31N3. The van der Waals surface area contributed by atoms with Crippen LogP contribution in [0.1, 0.15) is 34.1 Å². The second-order valence-corrected chi connectivity index (χ2v) is 5.89. The van der Waals surface area contributed by atoms with E-state index in [0.717, 1.165) is 19.0 Å². The molecule has 0 aromatic heterocycles. The van der Waals surface area contributed by atoms with Gasteiger partial charge in [0.1, 0.15) is 0 Å². The third-order valence-corrected chi connectivity index (χ3v) is 3.92. The zero-order valence-corrected chi connectivity index (χ0v) is 12.4. The number of rotatable bonds is 6. The van der Waals surface area contributed by atoms with Gasteiger partial charge in [-0.25, -0.2) is 0 Å². The molecule has 102 valence electrons. The maximum atomic E-state index is 3.52. The summed E-state index contributed by atoms with van der Waals surface area (Å²) < 4.78 is 0. The molecule has 3 heteroatoms. The molecule has 0 amide bonds. The maximum Gasteiger partial charge on any atom is 0.0195 e. The number of hydrogen-bond acceptors (Lipinski definition) is 3. The first-order valence-corrected chi connectivity index (χ1v) is 7.19. The lowest BCUT2D eigenvalue weighted by atomic mass is 10.1. The average Bonchev–Trinajstić information content (AvgIpc) is 2.26. The van der Waals surface area contributed by atoms with Crippen LogP contribution >= 0.6 is 0 Å². The van der Waals surface area contributed by atoms with Crippen molar-refractivity contribution < 1.29 is 0 Å². The second-order valence-electron chi connectivity index (χ2n) is 5.89. The summed E-state index contributed by atoms with van der Waals surface area (Å²) in [7, 11) is 2.25. The predicted molar refractivity (Wildman–Crippen MR) is 75.5 cm³/mol. The van der Waals surface area contributed by atoms with Crippen molar-refractivity contribution in [1.29, 1.82) is 0 Å². The van der Waals surface area contributed by atoms with Gasteiger partial charge in [0.2, 0.25) is 0 Å². The molecule has 3 unspecified atom stereocenters. The summed E-state index contributed by atoms with van der Waals surface area (Å²) in [4.78, 5) is 5.13. The van der Waals surface area contributed by atoms with Crippen LogP contribution in [0.4, 0.5) is 0 Å². The smallest absolute Gasteiger partial charge is 0.0195 e. The highest BCUT2D eigenvalue weighted by molar-refractivity contribution is 4.83. The van der Waals surface area contributed by atoms with Crippen LogP contribution in [-0.2, 0) is 0 Å². The van der Waals surface area contributed by atoms with E-state index < -0.39 is 0 Å². The van der Waals surface area contributed by atoms with E-state index in [1.807, 2.05) is 0 Å². The molecule has 1 N–H and O–H groups in total. The van der Waals surface area contributed by atoms with E-state index in [9.17, 15) is 0 Å². The Morgan fingerprint density at radius 3 is 2.35 bits per heavy atom. The van der Waals surface area contributed by atoms with Gasteiger partial charge in [-0.2, -0.15) is 0 Å². The molecule has 0 aromatic carbocycles. The summed E-state index contributed by atoms with van der Waals surface area (Å²) in [6.07, 6.45) is 1.23. The quantitative estimate of drug-likeness (QED) is 0.713. The Morgan fingerprint density at radius 1 is 1.24 bits per heavy atom. The minimum absolute atomic E-state index is 0.689. The van der Waals surface area contributed by atoms with Crippen LogP contribution in [0, 0.1) is 5.92 Å². The molecule has 3 atom stereocenters. The van der Waals surface area contributed by atoms with E-state index >= 15 is 0 Å². The van der Waals surface area contributed by atoms with E-state index in [4.69, 9.17) is 0 Å². The fourth-order valence-electron chi connectivity index (χ4n) is 2.69. The van der Waals surface area contributed by atoms with Crippen molar-refractivity contribution in [3.8, 4) is 0 Å². The van der Waals surface area contributed by atoms with Crippen molar-refractivity contribution in [2.45, 2.75) is 46.2 Å². The second kappa shape index (κ2) is 7.34. The van der Waals surface area contributed by atoms with Gasteiger partial charge in [-0.1, -0.05) is 13.8 Å². The number of piperazine rings is 1. The van der Waals surface area contributed by atoms with Crippen molar-refractivity contribution in [1.82, 2.24) is 15.1 Å². The summed E-state index contributed by atoms with van der Waals surface area (Å²) in [6.45, 7) is 15.2. The van der Waals surface area contributed by atoms with Gasteiger partial charge >= 0.3 is 0 Å². The highest BCUT2D eigenvalue weighted by atomic mass is 15.3. The number of likely N-dealkylation sites (N-methyl/N-ethyl adjacent to an activating group) is 1. The highest BCUT2D eigenvalue weighted by Crippen LogP contribution is 2.14. The molecule has 1 aliphatic rings. The number of nitrogens with one attached hydrogen (secondary N) is 1. The predicted octanol–water partition coefficient (Wildman–Crippen LogP) is 1.65. The van der Waals surface area contributed by atoms with E-state index in [1.165, 1.54) is 26.1 Å². The molecule has 1 aliphatic heterocycles. The molecule has 0 saturated carbocycles. The molecular weight excluding hydrogens is 210 g/mol. The van der Waals surface area contributed by atoms with Crippen molar-refractivity contribution in [2.24, 2.45) is 5.92 Å². The van der Waals surface area contributed by atoms with Gasteiger partial charge < -0.3 is 5.32 Å². The highest BCUT2D eigenvalue weighted by Gasteiger charge is 2.26. The summed E-state index contributed by atoms with van der Waals surface area (Å²) in [5, 5.41) is 3.52. The third-order valence-electron chi connectivity index (χ3n) is 3.92. The van der Waals surface area contributed by atoms with Crippen molar-refractivity contribution in [2.75, 3.05) is 39.8 Å². The van der Waals surface area contributed by atoms with Crippen LogP contribution in [0.3, 0.4) is 0 Å². The van der Waals surface area contributed by atoms with Crippen LogP contribution in [0.5, 0.6) is 0 Å². The summed E-state index contributed by atoms with van der Waals surface area (Å²) in [5.74, 6) is 0.754. The van der Waals surface area contributed by atoms with E-state index in [1.54, 1.807) is 0 Å². The van der Waals surface area contributed by atoms with Gasteiger partial charge in [-0.15, -0.1) is 0 Å². The molecule has 0 aliphatic carbocycles.